The lowest BCUT2D eigenvalue weighted by atomic mass is 9.76. The summed E-state index contributed by atoms with van der Waals surface area (Å²) in [6.45, 7) is 5.24. The highest BCUT2D eigenvalue weighted by molar-refractivity contribution is 5.05. The van der Waals surface area contributed by atoms with Crippen molar-refractivity contribution in [1.29, 1.82) is 0 Å². The topological polar surface area (TPSA) is 43.8 Å². The molecule has 0 radical (unpaired) electrons. The van der Waals surface area contributed by atoms with E-state index >= 15 is 0 Å². The van der Waals surface area contributed by atoms with Crippen LogP contribution in [0.1, 0.15) is 70.5 Å². The Bertz CT molecular complexity index is 375. The molecule has 1 aliphatic carbocycles. The molecule has 0 spiro atoms. The summed E-state index contributed by atoms with van der Waals surface area (Å²) in [5.41, 5.74) is 7.65. The van der Waals surface area contributed by atoms with Crippen LogP contribution in [0.3, 0.4) is 0 Å². The lowest BCUT2D eigenvalue weighted by Gasteiger charge is -2.30. The molecule has 1 atom stereocenters. The van der Waals surface area contributed by atoms with Crippen LogP contribution >= 0.6 is 0 Å². The van der Waals surface area contributed by atoms with E-state index < -0.39 is 0 Å². The summed E-state index contributed by atoms with van der Waals surface area (Å²) in [5.74, 6) is 0. The normalized spacial score (nSPS) is 21.0. The predicted octanol–water partition coefficient (Wildman–Crippen LogP) is 3.70. The van der Waals surface area contributed by atoms with Gasteiger partial charge >= 0.3 is 0 Å². The van der Waals surface area contributed by atoms with E-state index in [1.165, 1.54) is 44.2 Å². The molecule has 1 unspecified atom stereocenters. The summed E-state index contributed by atoms with van der Waals surface area (Å²) in [6, 6.07) is 2.69. The first-order chi connectivity index (χ1) is 9.19. The summed E-state index contributed by atoms with van der Waals surface area (Å²) < 4.78 is 2.11. The van der Waals surface area contributed by atoms with E-state index in [2.05, 4.69) is 30.8 Å². The first kappa shape index (κ1) is 14.6. The van der Waals surface area contributed by atoms with Crippen molar-refractivity contribution in [2.75, 3.05) is 6.54 Å². The smallest absolute Gasteiger partial charge is 0.0630 e. The van der Waals surface area contributed by atoms with Crippen molar-refractivity contribution in [1.82, 2.24) is 9.78 Å². The van der Waals surface area contributed by atoms with E-state index in [4.69, 9.17) is 10.8 Å². The molecule has 1 heterocycles. The number of hydrogen-bond acceptors (Lipinski definition) is 2. The number of aromatic nitrogens is 2. The van der Waals surface area contributed by atoms with Crippen molar-refractivity contribution in [2.45, 2.75) is 71.3 Å². The van der Waals surface area contributed by atoms with Gasteiger partial charge in [0.25, 0.3) is 0 Å². The number of nitrogens with zero attached hydrogens (tertiary/aromatic N) is 2. The van der Waals surface area contributed by atoms with Crippen LogP contribution in [0.25, 0.3) is 0 Å². The van der Waals surface area contributed by atoms with Gasteiger partial charge in [-0.1, -0.05) is 32.6 Å². The van der Waals surface area contributed by atoms with Crippen LogP contribution in [-0.4, -0.2) is 16.3 Å². The van der Waals surface area contributed by atoms with Gasteiger partial charge in [0.05, 0.1) is 5.69 Å². The van der Waals surface area contributed by atoms with Gasteiger partial charge in [0.2, 0.25) is 0 Å². The highest BCUT2D eigenvalue weighted by atomic mass is 15.3. The van der Waals surface area contributed by atoms with Crippen molar-refractivity contribution in [3.63, 3.8) is 0 Å². The Morgan fingerprint density at radius 2 is 2.00 bits per heavy atom. The molecule has 2 N–H and O–H groups in total. The molecule has 1 fully saturated rings. The van der Waals surface area contributed by atoms with Crippen molar-refractivity contribution in [3.8, 4) is 0 Å². The maximum absolute atomic E-state index is 6.11. The van der Waals surface area contributed by atoms with Gasteiger partial charge in [-0.05, 0) is 50.6 Å². The second-order valence-corrected chi connectivity index (χ2v) is 6.34. The van der Waals surface area contributed by atoms with E-state index in [0.717, 1.165) is 19.4 Å². The molecule has 3 heteroatoms. The van der Waals surface area contributed by atoms with Crippen LogP contribution in [0.4, 0.5) is 0 Å². The third-order valence-corrected chi connectivity index (χ3v) is 4.86. The SMILES string of the molecule is CCC(C)n1ccc(CC2(CN)CCCCCC2)n1. The Morgan fingerprint density at radius 3 is 2.58 bits per heavy atom. The molecule has 0 aromatic carbocycles. The minimum absolute atomic E-state index is 0.311. The third-order valence-electron chi connectivity index (χ3n) is 4.86. The van der Waals surface area contributed by atoms with Crippen molar-refractivity contribution >= 4 is 0 Å². The van der Waals surface area contributed by atoms with Gasteiger partial charge in [-0.25, -0.2) is 0 Å². The molecule has 0 amide bonds. The molecule has 1 aromatic heterocycles. The fourth-order valence-electron chi connectivity index (χ4n) is 3.22. The summed E-state index contributed by atoms with van der Waals surface area (Å²) in [7, 11) is 0. The summed E-state index contributed by atoms with van der Waals surface area (Å²) >= 11 is 0. The Labute approximate surface area is 117 Å². The molecular formula is C16H29N3. The standard InChI is InChI=1S/C16H29N3/c1-3-14(2)19-11-8-15(18-19)12-16(13-17)9-6-4-5-7-10-16/h8,11,14H,3-7,9-10,12-13,17H2,1-2H3. The molecule has 0 bridgehead atoms. The Kier molecular flexibility index (Phi) is 5.03. The minimum Gasteiger partial charge on any atom is -0.330 e. The van der Waals surface area contributed by atoms with Crippen LogP contribution in [0.2, 0.25) is 0 Å². The monoisotopic (exact) mass is 263 g/mol. The molecule has 3 nitrogen and oxygen atoms in total. The van der Waals surface area contributed by atoms with Gasteiger partial charge in [-0.2, -0.15) is 5.10 Å². The Morgan fingerprint density at radius 1 is 1.32 bits per heavy atom. The molecule has 19 heavy (non-hydrogen) atoms. The lowest BCUT2D eigenvalue weighted by Crippen LogP contribution is -2.32. The summed E-state index contributed by atoms with van der Waals surface area (Å²) in [4.78, 5) is 0. The molecule has 1 aromatic rings. The van der Waals surface area contributed by atoms with Gasteiger partial charge < -0.3 is 5.73 Å². The second-order valence-electron chi connectivity index (χ2n) is 6.34. The maximum Gasteiger partial charge on any atom is 0.0630 e. The van der Waals surface area contributed by atoms with Crippen LogP contribution in [0.15, 0.2) is 12.3 Å². The predicted molar refractivity (Wildman–Crippen MR) is 80.1 cm³/mol. The maximum atomic E-state index is 6.11. The average molecular weight is 263 g/mol. The van der Waals surface area contributed by atoms with Gasteiger partial charge in [0, 0.05) is 12.2 Å². The van der Waals surface area contributed by atoms with E-state index in [1.54, 1.807) is 0 Å². The number of hydrogen-bond donors (Lipinski definition) is 1. The molecule has 1 aliphatic rings. The minimum atomic E-state index is 0.311. The zero-order valence-corrected chi connectivity index (χ0v) is 12.6. The summed E-state index contributed by atoms with van der Waals surface area (Å²) in [5, 5.41) is 4.76. The van der Waals surface area contributed by atoms with Crippen molar-refractivity contribution < 1.29 is 0 Å². The van der Waals surface area contributed by atoms with Gasteiger partial charge in [0.1, 0.15) is 0 Å². The number of nitrogens with two attached hydrogens (primary N) is 1. The molecule has 0 aliphatic heterocycles. The Balaban J connectivity index is 2.06. The van der Waals surface area contributed by atoms with E-state index in [0.29, 0.717) is 11.5 Å². The molecule has 2 rings (SSSR count). The quantitative estimate of drug-likeness (QED) is 0.823. The highest BCUT2D eigenvalue weighted by Gasteiger charge is 2.30. The molecule has 0 saturated heterocycles. The van der Waals surface area contributed by atoms with Gasteiger partial charge in [-0.15, -0.1) is 0 Å². The largest absolute Gasteiger partial charge is 0.330 e. The molecular weight excluding hydrogens is 234 g/mol. The molecule has 108 valence electrons. The van der Waals surface area contributed by atoms with E-state index in [1.807, 2.05) is 0 Å². The van der Waals surface area contributed by atoms with E-state index in [-0.39, 0.29) is 0 Å². The van der Waals surface area contributed by atoms with Crippen LogP contribution < -0.4 is 5.73 Å². The van der Waals surface area contributed by atoms with Gasteiger partial charge in [-0.3, -0.25) is 4.68 Å². The molecule has 1 saturated carbocycles. The van der Waals surface area contributed by atoms with Crippen molar-refractivity contribution in [3.05, 3.63) is 18.0 Å². The van der Waals surface area contributed by atoms with Crippen LogP contribution in [0, 0.1) is 5.41 Å². The fourth-order valence-corrected chi connectivity index (χ4v) is 3.22. The lowest BCUT2D eigenvalue weighted by molar-refractivity contribution is 0.249. The average Bonchev–Trinajstić information content (AvgIpc) is 2.76. The van der Waals surface area contributed by atoms with Crippen LogP contribution in [0.5, 0.6) is 0 Å². The third kappa shape index (κ3) is 3.59. The van der Waals surface area contributed by atoms with Crippen molar-refractivity contribution in [2.24, 2.45) is 11.1 Å². The Hall–Kier alpha value is -0.830. The summed E-state index contributed by atoms with van der Waals surface area (Å²) in [6.07, 6.45) is 12.3. The second kappa shape index (κ2) is 6.56. The zero-order chi connectivity index (χ0) is 13.7. The van der Waals surface area contributed by atoms with E-state index in [9.17, 15) is 0 Å². The zero-order valence-electron chi connectivity index (χ0n) is 12.6. The van der Waals surface area contributed by atoms with Crippen LogP contribution in [-0.2, 0) is 6.42 Å². The van der Waals surface area contributed by atoms with Gasteiger partial charge in [0.15, 0.2) is 0 Å². The highest BCUT2D eigenvalue weighted by Crippen LogP contribution is 2.37. The number of rotatable bonds is 5. The first-order valence-corrected chi connectivity index (χ1v) is 7.93. The fraction of sp³-hybridized carbons (Fsp3) is 0.812. The first-order valence-electron chi connectivity index (χ1n) is 7.93.